The minimum absolute atomic E-state index is 0.0548. The summed E-state index contributed by atoms with van der Waals surface area (Å²) in [5.74, 6) is -0.236. The second kappa shape index (κ2) is 6.70. The number of benzene rings is 2. The zero-order chi connectivity index (χ0) is 17.1. The lowest BCUT2D eigenvalue weighted by atomic mass is 10.1. The monoisotopic (exact) mass is 325 g/mol. The Bertz CT molecular complexity index is 757. The highest BCUT2D eigenvalue weighted by atomic mass is 16.6. The summed E-state index contributed by atoms with van der Waals surface area (Å²) < 4.78 is 0. The third kappa shape index (κ3) is 3.71. The maximum absolute atomic E-state index is 12.6. The number of anilines is 1. The van der Waals surface area contributed by atoms with Crippen LogP contribution in [0.15, 0.2) is 48.5 Å². The third-order valence-corrected chi connectivity index (χ3v) is 3.99. The molecule has 0 spiro atoms. The molecule has 1 aliphatic rings. The molecule has 0 aliphatic heterocycles. The molecule has 2 aromatic rings. The summed E-state index contributed by atoms with van der Waals surface area (Å²) in [6, 6.07) is 14.6. The largest absolute Gasteiger partial charge is 0.377 e. The van der Waals surface area contributed by atoms with Crippen LogP contribution >= 0.6 is 0 Å². The average molecular weight is 325 g/mol. The van der Waals surface area contributed by atoms with Crippen molar-refractivity contribution >= 4 is 17.3 Å². The molecular weight excluding hydrogens is 306 g/mol. The lowest BCUT2D eigenvalue weighted by Gasteiger charge is -2.17. The Morgan fingerprint density at radius 1 is 1.25 bits per heavy atom. The van der Waals surface area contributed by atoms with Crippen LogP contribution in [0.4, 0.5) is 11.4 Å². The summed E-state index contributed by atoms with van der Waals surface area (Å²) in [6.07, 6.45) is 2.05. The van der Waals surface area contributed by atoms with E-state index in [0.717, 1.165) is 18.4 Å². The standard InChI is InChI=1S/C18H19N3O3/c1-20(12-13-5-3-2-4-6-13)18(22)14-7-10-16(19-15-8-9-15)17(11-14)21(23)24/h2-7,10-11,15,19H,8-9,12H2,1H3. The van der Waals surface area contributed by atoms with Crippen molar-refractivity contribution < 1.29 is 9.72 Å². The van der Waals surface area contributed by atoms with Gasteiger partial charge in [-0.3, -0.25) is 14.9 Å². The fraction of sp³-hybridized carbons (Fsp3) is 0.278. The summed E-state index contributed by atoms with van der Waals surface area (Å²) in [5, 5.41) is 14.4. The predicted octanol–water partition coefficient (Wildman–Crippen LogP) is 3.44. The maximum Gasteiger partial charge on any atom is 0.293 e. The maximum atomic E-state index is 12.6. The molecule has 0 heterocycles. The van der Waals surface area contributed by atoms with Gasteiger partial charge >= 0.3 is 0 Å². The summed E-state index contributed by atoms with van der Waals surface area (Å²) in [7, 11) is 1.69. The number of nitro groups is 1. The second-order valence-corrected chi connectivity index (χ2v) is 6.05. The number of hydrogen-bond acceptors (Lipinski definition) is 4. The molecule has 6 heteroatoms. The molecule has 24 heavy (non-hydrogen) atoms. The SMILES string of the molecule is CN(Cc1ccccc1)C(=O)c1ccc(NC2CC2)c([N+](=O)[O-])c1. The molecule has 2 aromatic carbocycles. The van der Waals surface area contributed by atoms with Crippen molar-refractivity contribution in [3.63, 3.8) is 0 Å². The molecule has 124 valence electrons. The molecule has 0 bridgehead atoms. The first kappa shape index (κ1) is 16.0. The molecule has 1 saturated carbocycles. The number of nitro benzene ring substituents is 1. The van der Waals surface area contributed by atoms with Gasteiger partial charge < -0.3 is 10.2 Å². The molecule has 1 fully saturated rings. The summed E-state index contributed by atoms with van der Waals surface area (Å²) >= 11 is 0. The van der Waals surface area contributed by atoms with Crippen molar-refractivity contribution in [3.8, 4) is 0 Å². The highest BCUT2D eigenvalue weighted by molar-refractivity contribution is 5.95. The first-order chi connectivity index (χ1) is 11.5. The summed E-state index contributed by atoms with van der Waals surface area (Å²) in [5.41, 5.74) is 1.75. The molecule has 0 atom stereocenters. The van der Waals surface area contributed by atoms with E-state index in [1.54, 1.807) is 24.1 Å². The Morgan fingerprint density at radius 3 is 2.58 bits per heavy atom. The molecular formula is C18H19N3O3. The van der Waals surface area contributed by atoms with Crippen LogP contribution in [0.3, 0.4) is 0 Å². The van der Waals surface area contributed by atoms with Crippen LogP contribution in [-0.2, 0) is 6.54 Å². The number of rotatable bonds is 6. The molecule has 0 radical (unpaired) electrons. The normalized spacial score (nSPS) is 13.4. The molecule has 0 aromatic heterocycles. The molecule has 6 nitrogen and oxygen atoms in total. The fourth-order valence-corrected chi connectivity index (χ4v) is 2.53. The van der Waals surface area contributed by atoms with E-state index in [1.165, 1.54) is 6.07 Å². The van der Waals surface area contributed by atoms with E-state index in [-0.39, 0.29) is 11.6 Å². The Hall–Kier alpha value is -2.89. The molecule has 3 rings (SSSR count). The Kier molecular flexibility index (Phi) is 4.46. The Balaban J connectivity index is 1.78. The summed E-state index contributed by atoms with van der Waals surface area (Å²) in [4.78, 5) is 25.0. The minimum atomic E-state index is -0.446. The predicted molar refractivity (Wildman–Crippen MR) is 92.0 cm³/mol. The van der Waals surface area contributed by atoms with E-state index in [1.807, 2.05) is 30.3 Å². The van der Waals surface area contributed by atoms with E-state index in [0.29, 0.717) is 23.8 Å². The van der Waals surface area contributed by atoms with Crippen molar-refractivity contribution in [2.45, 2.75) is 25.4 Å². The molecule has 0 unspecified atom stereocenters. The quantitative estimate of drug-likeness (QED) is 0.652. The highest BCUT2D eigenvalue weighted by Crippen LogP contribution is 2.31. The van der Waals surface area contributed by atoms with Crippen LogP contribution in [-0.4, -0.2) is 28.8 Å². The van der Waals surface area contributed by atoms with Crippen LogP contribution in [0.5, 0.6) is 0 Å². The Morgan fingerprint density at radius 2 is 1.96 bits per heavy atom. The second-order valence-electron chi connectivity index (χ2n) is 6.05. The van der Waals surface area contributed by atoms with Crippen LogP contribution < -0.4 is 5.32 Å². The Labute approximate surface area is 140 Å². The lowest BCUT2D eigenvalue weighted by Crippen LogP contribution is -2.26. The molecule has 1 aliphatic carbocycles. The molecule has 0 saturated heterocycles. The van der Waals surface area contributed by atoms with Gasteiger partial charge in [-0.25, -0.2) is 0 Å². The fourth-order valence-electron chi connectivity index (χ4n) is 2.53. The van der Waals surface area contributed by atoms with E-state index in [9.17, 15) is 14.9 Å². The van der Waals surface area contributed by atoms with Crippen LogP contribution in [0, 0.1) is 10.1 Å². The zero-order valence-electron chi connectivity index (χ0n) is 13.4. The summed E-state index contributed by atoms with van der Waals surface area (Å²) in [6.45, 7) is 0.454. The van der Waals surface area contributed by atoms with Gasteiger partial charge in [0, 0.05) is 31.3 Å². The van der Waals surface area contributed by atoms with Gasteiger partial charge in [0.15, 0.2) is 0 Å². The topological polar surface area (TPSA) is 75.5 Å². The van der Waals surface area contributed by atoms with Crippen molar-refractivity contribution in [1.82, 2.24) is 4.90 Å². The molecule has 1 amide bonds. The first-order valence-corrected chi connectivity index (χ1v) is 7.89. The average Bonchev–Trinajstić information content (AvgIpc) is 3.39. The number of amides is 1. The van der Waals surface area contributed by atoms with Gasteiger partial charge in [0.05, 0.1) is 4.92 Å². The first-order valence-electron chi connectivity index (χ1n) is 7.89. The van der Waals surface area contributed by atoms with E-state index in [2.05, 4.69) is 5.32 Å². The van der Waals surface area contributed by atoms with Crippen LogP contribution in [0.25, 0.3) is 0 Å². The number of nitrogens with zero attached hydrogens (tertiary/aromatic N) is 2. The number of nitrogens with one attached hydrogen (secondary N) is 1. The van der Waals surface area contributed by atoms with Crippen molar-refractivity contribution in [2.75, 3.05) is 12.4 Å². The van der Waals surface area contributed by atoms with Crippen LogP contribution in [0.2, 0.25) is 0 Å². The molecule has 1 N–H and O–H groups in total. The van der Waals surface area contributed by atoms with Gasteiger partial charge in [0.25, 0.3) is 11.6 Å². The smallest absolute Gasteiger partial charge is 0.293 e. The van der Waals surface area contributed by atoms with Crippen molar-refractivity contribution in [3.05, 3.63) is 69.8 Å². The van der Waals surface area contributed by atoms with Gasteiger partial charge in [0.1, 0.15) is 5.69 Å². The minimum Gasteiger partial charge on any atom is -0.377 e. The number of hydrogen-bond donors (Lipinski definition) is 1. The third-order valence-electron chi connectivity index (χ3n) is 3.99. The van der Waals surface area contributed by atoms with E-state index < -0.39 is 4.92 Å². The van der Waals surface area contributed by atoms with Gasteiger partial charge in [-0.05, 0) is 30.5 Å². The van der Waals surface area contributed by atoms with E-state index in [4.69, 9.17) is 0 Å². The zero-order valence-corrected chi connectivity index (χ0v) is 13.4. The lowest BCUT2D eigenvalue weighted by molar-refractivity contribution is -0.384. The number of carbonyl (C=O) groups is 1. The van der Waals surface area contributed by atoms with Gasteiger partial charge in [-0.15, -0.1) is 0 Å². The van der Waals surface area contributed by atoms with E-state index >= 15 is 0 Å². The highest BCUT2D eigenvalue weighted by Gasteiger charge is 2.26. The van der Waals surface area contributed by atoms with Crippen molar-refractivity contribution in [1.29, 1.82) is 0 Å². The van der Waals surface area contributed by atoms with Crippen molar-refractivity contribution in [2.24, 2.45) is 0 Å². The van der Waals surface area contributed by atoms with Gasteiger partial charge in [-0.1, -0.05) is 30.3 Å². The van der Waals surface area contributed by atoms with Gasteiger partial charge in [0.2, 0.25) is 0 Å². The van der Waals surface area contributed by atoms with Gasteiger partial charge in [-0.2, -0.15) is 0 Å². The number of carbonyl (C=O) groups excluding carboxylic acids is 1. The van der Waals surface area contributed by atoms with Crippen LogP contribution in [0.1, 0.15) is 28.8 Å².